The van der Waals surface area contributed by atoms with Crippen molar-refractivity contribution < 1.29 is 19.3 Å². The van der Waals surface area contributed by atoms with E-state index in [0.29, 0.717) is 40.7 Å². The number of nitrogens with one attached hydrogen (secondary N) is 2. The molecule has 3 aliphatic heterocycles. The first-order chi connectivity index (χ1) is 16.1. The van der Waals surface area contributed by atoms with Crippen LogP contribution in [0.15, 0.2) is 36.4 Å². The van der Waals surface area contributed by atoms with Crippen LogP contribution in [0.4, 0.5) is 11.5 Å². The van der Waals surface area contributed by atoms with Crippen LogP contribution in [0.5, 0.6) is 6.01 Å². The second-order valence-electron chi connectivity index (χ2n) is 8.79. The van der Waals surface area contributed by atoms with Crippen LogP contribution in [0.3, 0.4) is 0 Å². The zero-order valence-electron chi connectivity index (χ0n) is 18.0. The van der Waals surface area contributed by atoms with E-state index in [4.69, 9.17) is 25.8 Å². The van der Waals surface area contributed by atoms with Gasteiger partial charge in [0.15, 0.2) is 11.8 Å². The predicted octanol–water partition coefficient (Wildman–Crippen LogP) is 2.60. The van der Waals surface area contributed by atoms with Crippen molar-refractivity contribution in [1.29, 1.82) is 0 Å². The van der Waals surface area contributed by atoms with Crippen molar-refractivity contribution in [3.05, 3.63) is 41.4 Å². The van der Waals surface area contributed by atoms with Gasteiger partial charge in [-0.3, -0.25) is 0 Å². The summed E-state index contributed by atoms with van der Waals surface area (Å²) in [5.74, 6) is 0.631. The van der Waals surface area contributed by atoms with E-state index >= 15 is 0 Å². The topological polar surface area (TPSA) is 105 Å². The van der Waals surface area contributed by atoms with Crippen molar-refractivity contribution in [3.63, 3.8) is 0 Å². The summed E-state index contributed by atoms with van der Waals surface area (Å²) in [7, 11) is 0. The summed E-state index contributed by atoms with van der Waals surface area (Å²) < 4.78 is 17.2. The lowest BCUT2D eigenvalue weighted by Gasteiger charge is -2.34. The number of ether oxygens (including phenoxy) is 3. The molecule has 0 spiro atoms. The SMILES string of the molecule is O[C@@H]1COC2C1OC[C@H]2Oc1nc2nc(NC3CCN(c4ccccc4)CC3)c(Cl)cc2[nH]1. The van der Waals surface area contributed by atoms with Crippen molar-refractivity contribution >= 4 is 34.3 Å². The number of imidazole rings is 1. The lowest BCUT2D eigenvalue weighted by atomic mass is 10.0. The molecular formula is C23H26ClN5O4. The molecule has 3 N–H and O–H groups in total. The van der Waals surface area contributed by atoms with E-state index in [1.54, 1.807) is 0 Å². The second-order valence-corrected chi connectivity index (χ2v) is 9.20. The van der Waals surface area contributed by atoms with Crippen molar-refractivity contribution in [2.75, 3.05) is 36.5 Å². The number of anilines is 2. The molecule has 2 unspecified atom stereocenters. The molecule has 4 atom stereocenters. The van der Waals surface area contributed by atoms with Gasteiger partial charge in [0, 0.05) is 24.8 Å². The molecule has 1 aromatic carbocycles. The third kappa shape index (κ3) is 4.10. The number of fused-ring (bicyclic) bond motifs is 2. The van der Waals surface area contributed by atoms with Gasteiger partial charge >= 0.3 is 0 Å². The fraction of sp³-hybridized carbons (Fsp3) is 0.478. The summed E-state index contributed by atoms with van der Waals surface area (Å²) in [4.78, 5) is 14.6. The molecule has 3 fully saturated rings. The minimum Gasteiger partial charge on any atom is -0.456 e. The molecule has 0 aliphatic carbocycles. The molecule has 33 heavy (non-hydrogen) atoms. The third-order valence-corrected chi connectivity index (χ3v) is 6.90. The highest BCUT2D eigenvalue weighted by Gasteiger charge is 2.48. The van der Waals surface area contributed by atoms with Gasteiger partial charge in [-0.1, -0.05) is 29.8 Å². The number of aromatic amines is 1. The maximum Gasteiger partial charge on any atom is 0.296 e. The first-order valence-corrected chi connectivity index (χ1v) is 11.7. The minimum absolute atomic E-state index is 0.256. The maximum absolute atomic E-state index is 9.90. The molecular weight excluding hydrogens is 446 g/mol. The molecule has 9 nitrogen and oxygen atoms in total. The number of rotatable bonds is 5. The van der Waals surface area contributed by atoms with Crippen LogP contribution in [-0.2, 0) is 9.47 Å². The summed E-state index contributed by atoms with van der Waals surface area (Å²) in [6, 6.07) is 12.9. The zero-order valence-corrected chi connectivity index (χ0v) is 18.7. The van der Waals surface area contributed by atoms with Gasteiger partial charge in [-0.15, -0.1) is 0 Å². The number of H-pyrrole nitrogens is 1. The summed E-state index contributed by atoms with van der Waals surface area (Å²) in [5.41, 5.74) is 2.48. The number of halogens is 1. The Hall–Kier alpha value is -2.59. The first-order valence-electron chi connectivity index (χ1n) is 11.3. The highest BCUT2D eigenvalue weighted by atomic mass is 35.5. The number of aliphatic hydroxyl groups is 1. The minimum atomic E-state index is -0.618. The van der Waals surface area contributed by atoms with Crippen LogP contribution in [0.2, 0.25) is 5.02 Å². The number of hydrogen-bond donors (Lipinski definition) is 3. The van der Waals surface area contributed by atoms with Gasteiger partial charge in [-0.2, -0.15) is 4.98 Å². The summed E-state index contributed by atoms with van der Waals surface area (Å²) in [6.45, 7) is 2.55. The van der Waals surface area contributed by atoms with Gasteiger partial charge in [-0.05, 0) is 31.0 Å². The molecule has 174 valence electrons. The fourth-order valence-electron chi connectivity index (χ4n) is 4.86. The Morgan fingerprint density at radius 2 is 1.88 bits per heavy atom. The Morgan fingerprint density at radius 3 is 2.70 bits per heavy atom. The number of hydrogen-bond acceptors (Lipinski definition) is 8. The molecule has 0 amide bonds. The molecule has 2 aromatic heterocycles. The molecule has 5 heterocycles. The maximum atomic E-state index is 9.90. The molecule has 3 aromatic rings. The van der Waals surface area contributed by atoms with E-state index in [9.17, 15) is 5.11 Å². The number of piperidine rings is 1. The van der Waals surface area contributed by atoms with Gasteiger partial charge in [0.05, 0.1) is 23.8 Å². The van der Waals surface area contributed by atoms with Crippen LogP contribution in [0.1, 0.15) is 12.8 Å². The Labute approximate surface area is 196 Å². The molecule has 0 saturated carbocycles. The number of benzene rings is 1. The van der Waals surface area contributed by atoms with E-state index in [-0.39, 0.29) is 24.9 Å². The second kappa shape index (κ2) is 8.64. The molecule has 6 rings (SSSR count). The van der Waals surface area contributed by atoms with Gasteiger partial charge < -0.3 is 34.5 Å². The van der Waals surface area contributed by atoms with E-state index in [1.165, 1.54) is 5.69 Å². The van der Waals surface area contributed by atoms with Crippen LogP contribution in [-0.4, -0.2) is 76.8 Å². The smallest absolute Gasteiger partial charge is 0.296 e. The molecule has 3 saturated heterocycles. The Balaban J connectivity index is 1.12. The average Bonchev–Trinajstić information content (AvgIpc) is 3.52. The molecule has 10 heteroatoms. The highest BCUT2D eigenvalue weighted by Crippen LogP contribution is 2.31. The van der Waals surface area contributed by atoms with Crippen molar-refractivity contribution in [3.8, 4) is 6.01 Å². The summed E-state index contributed by atoms with van der Waals surface area (Å²) >= 11 is 6.52. The largest absolute Gasteiger partial charge is 0.456 e. The predicted molar refractivity (Wildman–Crippen MR) is 124 cm³/mol. The monoisotopic (exact) mass is 471 g/mol. The van der Waals surface area contributed by atoms with Gasteiger partial charge in [0.2, 0.25) is 0 Å². The van der Waals surface area contributed by atoms with Crippen LogP contribution in [0, 0.1) is 0 Å². The summed E-state index contributed by atoms with van der Waals surface area (Å²) in [6.07, 6.45) is 0.384. The van der Waals surface area contributed by atoms with E-state index in [2.05, 4.69) is 49.4 Å². The van der Waals surface area contributed by atoms with Gasteiger partial charge in [0.1, 0.15) is 24.1 Å². The molecule has 0 bridgehead atoms. The lowest BCUT2D eigenvalue weighted by Crippen LogP contribution is -2.39. The highest BCUT2D eigenvalue weighted by molar-refractivity contribution is 6.33. The number of para-hydroxylation sites is 1. The van der Waals surface area contributed by atoms with Crippen molar-refractivity contribution in [1.82, 2.24) is 15.0 Å². The van der Waals surface area contributed by atoms with E-state index in [1.807, 2.05) is 12.1 Å². The van der Waals surface area contributed by atoms with Crippen molar-refractivity contribution in [2.45, 2.75) is 43.3 Å². The lowest BCUT2D eigenvalue weighted by molar-refractivity contribution is 0.00706. The number of aromatic nitrogens is 3. The number of nitrogens with zero attached hydrogens (tertiary/aromatic N) is 3. The van der Waals surface area contributed by atoms with E-state index in [0.717, 1.165) is 25.9 Å². The van der Waals surface area contributed by atoms with Gasteiger partial charge in [-0.25, -0.2) is 4.98 Å². The van der Waals surface area contributed by atoms with Crippen molar-refractivity contribution in [2.24, 2.45) is 0 Å². The van der Waals surface area contributed by atoms with E-state index < -0.39 is 6.10 Å². The summed E-state index contributed by atoms with van der Waals surface area (Å²) in [5, 5.41) is 13.9. The third-order valence-electron chi connectivity index (χ3n) is 6.61. The standard InChI is InChI=1S/C23H26ClN5O4/c24-15-10-16-22(28-23(26-16)33-18-12-32-19-17(30)11-31-20(18)19)27-21(15)25-13-6-8-29(9-7-13)14-4-2-1-3-5-14/h1-5,10,13,17-20,30H,6-9,11-12H2,(H2,25,26,27,28)/t17-,18-,19?,20?/m1/s1. The zero-order chi connectivity index (χ0) is 22.4. The molecule has 0 radical (unpaired) electrons. The van der Waals surface area contributed by atoms with Crippen LogP contribution >= 0.6 is 11.6 Å². The number of pyridine rings is 1. The fourth-order valence-corrected chi connectivity index (χ4v) is 5.06. The quantitative estimate of drug-likeness (QED) is 0.521. The van der Waals surface area contributed by atoms with Gasteiger partial charge in [0.25, 0.3) is 6.01 Å². The Bertz CT molecular complexity index is 1120. The average molecular weight is 472 g/mol. The Morgan fingerprint density at radius 1 is 1.09 bits per heavy atom. The first kappa shape index (κ1) is 21.0. The molecule has 3 aliphatic rings. The normalized spacial score (nSPS) is 27.8. The number of aliphatic hydroxyl groups excluding tert-OH is 1. The van der Waals surface area contributed by atoms with Crippen LogP contribution in [0.25, 0.3) is 11.2 Å². The Kier molecular flexibility index (Phi) is 5.49. The van der Waals surface area contributed by atoms with Crippen LogP contribution < -0.4 is 15.0 Å².